The number of pyridine rings is 2. The van der Waals surface area contributed by atoms with Crippen molar-refractivity contribution in [1.29, 1.82) is 5.26 Å². The monoisotopic (exact) mass is 440 g/mol. The molecule has 2 atom stereocenters. The SMILES string of the molecule is [2H]c1ccc2c(N3C[C@@H]4CN(c5ccc6c(n5)CCNC6)CCN4[C@@H](C)C3)ccc(C#N)c2n1. The van der Waals surface area contributed by atoms with Crippen molar-refractivity contribution in [2.24, 2.45) is 0 Å². The van der Waals surface area contributed by atoms with Gasteiger partial charge in [0.15, 0.2) is 0 Å². The number of anilines is 2. The Labute approximate surface area is 196 Å². The minimum absolute atomic E-state index is 0.190. The summed E-state index contributed by atoms with van der Waals surface area (Å²) in [5, 5.41) is 13.9. The maximum atomic E-state index is 9.55. The van der Waals surface area contributed by atoms with Gasteiger partial charge in [0.05, 0.1) is 12.5 Å². The van der Waals surface area contributed by atoms with E-state index in [4.69, 9.17) is 6.35 Å². The number of nitriles is 1. The molecule has 7 nitrogen and oxygen atoms in total. The van der Waals surface area contributed by atoms with Crippen LogP contribution in [0.15, 0.2) is 42.6 Å². The van der Waals surface area contributed by atoms with Gasteiger partial charge in [0.1, 0.15) is 11.9 Å². The lowest BCUT2D eigenvalue weighted by Crippen LogP contribution is -2.65. The molecule has 168 valence electrons. The normalized spacial score (nSPS) is 23.6. The molecule has 0 spiro atoms. The van der Waals surface area contributed by atoms with Gasteiger partial charge in [-0.15, -0.1) is 0 Å². The fourth-order valence-corrected chi connectivity index (χ4v) is 5.74. The Morgan fingerprint density at radius 3 is 2.94 bits per heavy atom. The van der Waals surface area contributed by atoms with Crippen LogP contribution in [0.1, 0.15) is 25.1 Å². The van der Waals surface area contributed by atoms with Gasteiger partial charge >= 0.3 is 0 Å². The number of fused-ring (bicyclic) bond motifs is 3. The lowest BCUT2D eigenvalue weighted by molar-refractivity contribution is 0.108. The van der Waals surface area contributed by atoms with Crippen LogP contribution >= 0.6 is 0 Å². The highest BCUT2D eigenvalue weighted by molar-refractivity contribution is 5.95. The Kier molecular flexibility index (Phi) is 4.84. The molecule has 2 aromatic heterocycles. The van der Waals surface area contributed by atoms with E-state index in [-0.39, 0.29) is 6.17 Å². The van der Waals surface area contributed by atoms with E-state index in [1.54, 1.807) is 6.07 Å². The second-order valence-corrected chi connectivity index (χ2v) is 9.37. The summed E-state index contributed by atoms with van der Waals surface area (Å²) >= 11 is 0. The summed E-state index contributed by atoms with van der Waals surface area (Å²) in [6.45, 7) is 9.07. The smallest absolute Gasteiger partial charge is 0.128 e. The summed E-state index contributed by atoms with van der Waals surface area (Å²) in [6.07, 6.45) is 1.19. The number of aromatic nitrogens is 2. The molecule has 0 saturated carbocycles. The summed E-state index contributed by atoms with van der Waals surface area (Å²) in [7, 11) is 0. The molecule has 0 bridgehead atoms. The van der Waals surface area contributed by atoms with E-state index in [2.05, 4.69) is 50.1 Å². The summed E-state index contributed by atoms with van der Waals surface area (Å²) < 4.78 is 7.92. The van der Waals surface area contributed by atoms with E-state index >= 15 is 0 Å². The largest absolute Gasteiger partial charge is 0.368 e. The van der Waals surface area contributed by atoms with Crippen LogP contribution in [0.4, 0.5) is 11.5 Å². The Balaban J connectivity index is 1.28. The number of hydrogen-bond acceptors (Lipinski definition) is 7. The van der Waals surface area contributed by atoms with Gasteiger partial charge in [0, 0.05) is 87.3 Å². The zero-order chi connectivity index (χ0) is 23.2. The quantitative estimate of drug-likeness (QED) is 0.657. The van der Waals surface area contributed by atoms with Gasteiger partial charge < -0.3 is 15.1 Å². The highest BCUT2D eigenvalue weighted by Crippen LogP contribution is 2.32. The number of hydrogen-bond donors (Lipinski definition) is 1. The lowest BCUT2D eigenvalue weighted by Gasteiger charge is -2.51. The van der Waals surface area contributed by atoms with Crippen molar-refractivity contribution >= 4 is 22.4 Å². The predicted molar refractivity (Wildman–Crippen MR) is 130 cm³/mol. The molecule has 0 radical (unpaired) electrons. The molecule has 7 heteroatoms. The van der Waals surface area contributed by atoms with Crippen molar-refractivity contribution in [3.05, 3.63) is 59.4 Å². The highest BCUT2D eigenvalue weighted by atomic mass is 15.4. The zero-order valence-corrected chi connectivity index (χ0v) is 19.0. The first kappa shape index (κ1) is 19.3. The van der Waals surface area contributed by atoms with Crippen molar-refractivity contribution in [2.75, 3.05) is 49.1 Å². The van der Waals surface area contributed by atoms with Crippen LogP contribution < -0.4 is 15.1 Å². The molecule has 3 aliphatic heterocycles. The molecular formula is C26H29N7. The number of piperazine rings is 2. The molecule has 1 aromatic carbocycles. The minimum Gasteiger partial charge on any atom is -0.368 e. The van der Waals surface area contributed by atoms with Gasteiger partial charge in [-0.25, -0.2) is 4.98 Å². The fraction of sp³-hybridized carbons (Fsp3) is 0.423. The molecular weight excluding hydrogens is 410 g/mol. The van der Waals surface area contributed by atoms with Crippen LogP contribution in [0.5, 0.6) is 0 Å². The van der Waals surface area contributed by atoms with E-state index < -0.39 is 0 Å². The van der Waals surface area contributed by atoms with Crippen LogP contribution in [0.3, 0.4) is 0 Å². The van der Waals surface area contributed by atoms with E-state index in [9.17, 15) is 5.26 Å². The topological polar surface area (TPSA) is 71.3 Å². The van der Waals surface area contributed by atoms with Crippen LogP contribution in [-0.4, -0.2) is 66.2 Å². The molecule has 3 aromatic rings. The summed E-state index contributed by atoms with van der Waals surface area (Å²) in [5.74, 6) is 1.10. The number of benzene rings is 1. The number of rotatable bonds is 2. The van der Waals surface area contributed by atoms with Gasteiger partial charge in [0.25, 0.3) is 0 Å². The maximum Gasteiger partial charge on any atom is 0.128 e. The minimum atomic E-state index is 0.190. The Morgan fingerprint density at radius 2 is 2.03 bits per heavy atom. The molecule has 3 aliphatic rings. The number of nitrogens with one attached hydrogen (secondary N) is 1. The third-order valence-electron chi connectivity index (χ3n) is 7.40. The zero-order valence-electron chi connectivity index (χ0n) is 20.0. The predicted octanol–water partition coefficient (Wildman–Crippen LogP) is 2.55. The van der Waals surface area contributed by atoms with E-state index in [1.165, 1.54) is 11.3 Å². The Bertz CT molecular complexity index is 1290. The van der Waals surface area contributed by atoms with Crippen molar-refractivity contribution in [1.82, 2.24) is 20.2 Å². The van der Waals surface area contributed by atoms with Crippen LogP contribution in [0.25, 0.3) is 10.9 Å². The first-order valence-electron chi connectivity index (χ1n) is 12.4. The van der Waals surface area contributed by atoms with Crippen LogP contribution in [0, 0.1) is 11.3 Å². The first-order chi connectivity index (χ1) is 16.6. The Hall–Kier alpha value is -3.21. The average Bonchev–Trinajstić information content (AvgIpc) is 2.87. The van der Waals surface area contributed by atoms with Crippen LogP contribution in [-0.2, 0) is 13.0 Å². The van der Waals surface area contributed by atoms with Gasteiger partial charge in [0.2, 0.25) is 0 Å². The average molecular weight is 441 g/mol. The molecule has 0 aliphatic carbocycles. The molecule has 2 saturated heterocycles. The summed E-state index contributed by atoms with van der Waals surface area (Å²) in [6, 6.07) is 15.0. The molecule has 6 rings (SSSR count). The summed E-state index contributed by atoms with van der Waals surface area (Å²) in [5.41, 5.74) is 4.81. The lowest BCUT2D eigenvalue weighted by atomic mass is 10.0. The van der Waals surface area contributed by atoms with Crippen molar-refractivity contribution in [3.63, 3.8) is 0 Å². The second-order valence-electron chi connectivity index (χ2n) is 9.37. The molecule has 0 amide bonds. The number of nitrogens with zero attached hydrogens (tertiary/aromatic N) is 6. The van der Waals surface area contributed by atoms with E-state index in [0.717, 1.165) is 69.1 Å². The summed E-state index contributed by atoms with van der Waals surface area (Å²) in [4.78, 5) is 16.9. The molecule has 2 fully saturated rings. The van der Waals surface area contributed by atoms with Gasteiger partial charge in [-0.2, -0.15) is 5.26 Å². The Morgan fingerprint density at radius 1 is 1.12 bits per heavy atom. The van der Waals surface area contributed by atoms with E-state index in [0.29, 0.717) is 23.2 Å². The van der Waals surface area contributed by atoms with Crippen molar-refractivity contribution < 1.29 is 1.37 Å². The van der Waals surface area contributed by atoms with Gasteiger partial charge in [-0.05, 0) is 42.8 Å². The molecule has 5 heterocycles. The third-order valence-corrected chi connectivity index (χ3v) is 7.40. The standard InChI is InChI=1S/C26H29N7/c1-18-15-32(24-6-4-19(13-27)26-22(24)3-2-9-29-26)17-21-16-31(11-12-33(18)21)25-7-5-20-14-28-10-8-23(20)30-25/h2-7,9,18,21,28H,8,10-12,14-17H2,1H3/t18-,21-/m0/s1/i9D. The van der Waals surface area contributed by atoms with Gasteiger partial charge in [-0.3, -0.25) is 9.88 Å². The maximum absolute atomic E-state index is 9.55. The van der Waals surface area contributed by atoms with Gasteiger partial charge in [-0.1, -0.05) is 6.07 Å². The second kappa shape index (κ2) is 8.29. The van der Waals surface area contributed by atoms with Crippen molar-refractivity contribution in [3.8, 4) is 6.07 Å². The van der Waals surface area contributed by atoms with Crippen LogP contribution in [0.2, 0.25) is 0 Å². The fourth-order valence-electron chi connectivity index (χ4n) is 5.74. The molecule has 1 N–H and O–H groups in total. The first-order valence-corrected chi connectivity index (χ1v) is 11.9. The van der Waals surface area contributed by atoms with Crippen molar-refractivity contribution in [2.45, 2.75) is 32.0 Å². The highest BCUT2D eigenvalue weighted by Gasteiger charge is 2.37. The molecule has 33 heavy (non-hydrogen) atoms. The molecule has 0 unspecified atom stereocenters. The third kappa shape index (κ3) is 3.60. The van der Waals surface area contributed by atoms with E-state index in [1.807, 2.05) is 18.2 Å².